The van der Waals surface area contributed by atoms with Crippen LogP contribution in [0, 0.1) is 0 Å². The number of hydrogen-bond acceptors (Lipinski definition) is 0. The lowest BCUT2D eigenvalue weighted by atomic mass is 9.96. The molecule has 0 saturated heterocycles. The second-order valence-electron chi connectivity index (χ2n) is 5.07. The zero-order valence-electron chi connectivity index (χ0n) is 10.4. The van der Waals surface area contributed by atoms with Gasteiger partial charge in [-0.05, 0) is 58.5 Å². The third-order valence-electron chi connectivity index (χ3n) is 3.79. The summed E-state index contributed by atoms with van der Waals surface area (Å²) in [6.07, 6.45) is 4.51. The van der Waals surface area contributed by atoms with E-state index >= 15 is 0 Å². The first-order valence-corrected chi connectivity index (χ1v) is 7.62. The Morgan fingerprint density at radius 1 is 0.611 bits per heavy atom. The molecule has 2 aromatic rings. The molecule has 0 aromatic heterocycles. The van der Waals surface area contributed by atoms with Crippen LogP contribution in [0.3, 0.4) is 0 Å². The fourth-order valence-electron chi connectivity index (χ4n) is 2.61. The monoisotopic (exact) mass is 272 g/mol. The molecule has 2 atom stereocenters. The van der Waals surface area contributed by atoms with Gasteiger partial charge in [-0.25, -0.2) is 0 Å². The summed E-state index contributed by atoms with van der Waals surface area (Å²) < 4.78 is 0. The molecule has 0 N–H and O–H groups in total. The van der Waals surface area contributed by atoms with E-state index in [1.807, 2.05) is 0 Å². The van der Waals surface area contributed by atoms with Crippen LogP contribution in [0.15, 0.2) is 36.4 Å². The topological polar surface area (TPSA) is 0 Å². The van der Waals surface area contributed by atoms with Gasteiger partial charge in [-0.3, -0.25) is 0 Å². The summed E-state index contributed by atoms with van der Waals surface area (Å²) in [6.45, 7) is 0. The van der Waals surface area contributed by atoms with Crippen molar-refractivity contribution >= 4 is 29.1 Å². The van der Waals surface area contributed by atoms with Crippen LogP contribution in [-0.2, 0) is 25.7 Å². The van der Waals surface area contributed by atoms with Gasteiger partial charge < -0.3 is 0 Å². The molecule has 0 spiro atoms. The van der Waals surface area contributed by atoms with Gasteiger partial charge in [-0.1, -0.05) is 36.4 Å². The lowest BCUT2D eigenvalue weighted by Crippen LogP contribution is -2.10. The lowest BCUT2D eigenvalue weighted by Gasteiger charge is -2.13. The Balaban J connectivity index is 2.03. The van der Waals surface area contributed by atoms with Crippen LogP contribution < -0.4 is 10.6 Å². The van der Waals surface area contributed by atoms with Crippen LogP contribution in [0.2, 0.25) is 0 Å². The van der Waals surface area contributed by atoms with Crippen LogP contribution in [0.25, 0.3) is 0 Å². The van der Waals surface area contributed by atoms with Crippen molar-refractivity contribution in [3.8, 4) is 0 Å². The zero-order chi connectivity index (χ0) is 12.5. The van der Waals surface area contributed by atoms with E-state index in [1.165, 1.54) is 32.9 Å². The molecule has 2 unspecified atom stereocenters. The molecule has 4 aliphatic carbocycles. The number of hydrogen-bond donors (Lipinski definition) is 0. The molecule has 0 radical (unpaired) electrons. The van der Waals surface area contributed by atoms with E-state index in [-0.39, 0.29) is 0 Å². The first kappa shape index (κ1) is 12.3. The molecular weight excluding hydrogens is 254 g/mol. The minimum Gasteiger partial charge on any atom is -0.105 e. The average molecular weight is 272 g/mol. The van der Waals surface area contributed by atoms with E-state index in [2.05, 4.69) is 54.9 Å². The Kier molecular flexibility index (Phi) is 3.51. The maximum absolute atomic E-state index is 2.89. The van der Waals surface area contributed by atoms with Crippen molar-refractivity contribution in [2.45, 2.75) is 25.7 Å². The van der Waals surface area contributed by atoms with Gasteiger partial charge in [0.1, 0.15) is 0 Å². The second kappa shape index (κ2) is 5.12. The Labute approximate surface area is 114 Å². The maximum atomic E-state index is 2.89. The van der Waals surface area contributed by atoms with Gasteiger partial charge in [-0.2, -0.15) is 0 Å². The Hall–Kier alpha value is -0.700. The van der Waals surface area contributed by atoms with E-state index in [0.717, 1.165) is 25.7 Å². The van der Waals surface area contributed by atoms with E-state index < -0.39 is 0 Å². The van der Waals surface area contributed by atoms with Gasteiger partial charge in [-0.15, -0.1) is 18.5 Å². The first-order valence-electron chi connectivity index (χ1n) is 6.47. The third kappa shape index (κ3) is 2.51. The summed E-state index contributed by atoms with van der Waals surface area (Å²) in [6, 6.07) is 13.8. The fourth-order valence-corrected chi connectivity index (χ4v) is 3.52. The van der Waals surface area contributed by atoms with Crippen LogP contribution in [-0.4, -0.2) is 0 Å². The smallest absolute Gasteiger partial charge is 0.0232 e. The third-order valence-corrected chi connectivity index (χ3v) is 4.86. The summed E-state index contributed by atoms with van der Waals surface area (Å²) in [5.41, 5.74) is 5.80. The molecule has 18 heavy (non-hydrogen) atoms. The van der Waals surface area contributed by atoms with Gasteiger partial charge in [0.25, 0.3) is 0 Å². The molecule has 0 amide bonds. The SMILES string of the molecule is Pc1cc2ccc1CCc1ccc(c(P)c1)CC2. The van der Waals surface area contributed by atoms with Crippen molar-refractivity contribution in [1.82, 2.24) is 0 Å². The molecule has 92 valence electrons. The standard InChI is InChI=1S/C16H18P2/c17-15-9-11-1-5-13(15)8-4-12-2-6-14(7-3-11)16(18)10-12/h1-2,5-6,9-10H,3-4,7-8,17-18H2. The Bertz CT molecular complexity index is 534. The van der Waals surface area contributed by atoms with Crippen LogP contribution in [0.1, 0.15) is 22.3 Å². The number of rotatable bonds is 0. The summed E-state index contributed by atoms with van der Waals surface area (Å²) in [5, 5.41) is 2.74. The summed E-state index contributed by atoms with van der Waals surface area (Å²) >= 11 is 0. The molecule has 0 saturated carbocycles. The summed E-state index contributed by atoms with van der Waals surface area (Å²) in [5.74, 6) is 0. The average Bonchev–Trinajstić information content (AvgIpc) is 2.34. The Morgan fingerprint density at radius 2 is 1.06 bits per heavy atom. The maximum Gasteiger partial charge on any atom is -0.0232 e. The van der Waals surface area contributed by atoms with E-state index in [9.17, 15) is 0 Å². The molecule has 0 aliphatic heterocycles. The van der Waals surface area contributed by atoms with Crippen LogP contribution in [0.4, 0.5) is 0 Å². The van der Waals surface area contributed by atoms with E-state index in [0.29, 0.717) is 0 Å². The van der Waals surface area contributed by atoms with Gasteiger partial charge in [0, 0.05) is 0 Å². The quantitative estimate of drug-likeness (QED) is 0.647. The molecule has 6 rings (SSSR count). The van der Waals surface area contributed by atoms with E-state index in [4.69, 9.17) is 0 Å². The molecule has 0 fully saturated rings. The molecule has 0 nitrogen and oxygen atoms in total. The highest BCUT2D eigenvalue weighted by Gasteiger charge is 2.07. The van der Waals surface area contributed by atoms with Crippen molar-refractivity contribution in [2.24, 2.45) is 0 Å². The summed E-state index contributed by atoms with van der Waals surface area (Å²) in [4.78, 5) is 0. The largest absolute Gasteiger partial charge is 0.105 e. The molecule has 0 heterocycles. The highest BCUT2D eigenvalue weighted by atomic mass is 31.0. The highest BCUT2D eigenvalue weighted by Crippen LogP contribution is 2.15. The predicted molar refractivity (Wildman–Crippen MR) is 86.4 cm³/mol. The molecule has 2 heteroatoms. The van der Waals surface area contributed by atoms with Gasteiger partial charge in [0.05, 0.1) is 0 Å². The normalized spacial score (nSPS) is 14.3. The summed E-state index contributed by atoms with van der Waals surface area (Å²) in [7, 11) is 5.78. The molecular formula is C16H18P2. The highest BCUT2D eigenvalue weighted by molar-refractivity contribution is 7.27. The number of aryl methyl sites for hydroxylation is 4. The van der Waals surface area contributed by atoms with Gasteiger partial charge >= 0.3 is 0 Å². The molecule has 4 bridgehead atoms. The van der Waals surface area contributed by atoms with Crippen molar-refractivity contribution < 1.29 is 0 Å². The minimum atomic E-state index is 1.13. The Morgan fingerprint density at radius 3 is 1.44 bits per heavy atom. The zero-order valence-corrected chi connectivity index (χ0v) is 12.8. The van der Waals surface area contributed by atoms with Crippen molar-refractivity contribution in [3.05, 3.63) is 58.7 Å². The second-order valence-corrected chi connectivity index (χ2v) is 6.31. The predicted octanol–water partition coefficient (Wildman–Crippen LogP) is 2.57. The first-order chi connectivity index (χ1) is 8.72. The fraction of sp³-hybridized carbons (Fsp3) is 0.250. The lowest BCUT2D eigenvalue weighted by molar-refractivity contribution is 0.933. The number of benzene rings is 2. The van der Waals surface area contributed by atoms with Crippen molar-refractivity contribution in [2.75, 3.05) is 0 Å². The van der Waals surface area contributed by atoms with Crippen LogP contribution >= 0.6 is 18.5 Å². The van der Waals surface area contributed by atoms with Crippen LogP contribution in [0.5, 0.6) is 0 Å². The van der Waals surface area contributed by atoms with Gasteiger partial charge in [0.2, 0.25) is 0 Å². The molecule has 2 aromatic carbocycles. The van der Waals surface area contributed by atoms with Gasteiger partial charge in [0.15, 0.2) is 0 Å². The minimum absolute atomic E-state index is 1.13. The van der Waals surface area contributed by atoms with Crippen molar-refractivity contribution in [3.63, 3.8) is 0 Å². The molecule has 4 aliphatic rings. The van der Waals surface area contributed by atoms with Crippen molar-refractivity contribution in [1.29, 1.82) is 0 Å². The van der Waals surface area contributed by atoms with E-state index in [1.54, 1.807) is 0 Å².